The minimum Gasteiger partial charge on any atom is -0.497 e. The van der Waals surface area contributed by atoms with E-state index in [0.717, 1.165) is 16.7 Å². The molecule has 3 N–H and O–H groups in total. The summed E-state index contributed by atoms with van der Waals surface area (Å²) in [7, 11) is 1.53. The average molecular weight is 744 g/mol. The lowest BCUT2D eigenvalue weighted by Gasteiger charge is -2.48. The Morgan fingerprint density at radius 2 is 1.19 bits per heavy atom. The predicted octanol–water partition coefficient (Wildman–Crippen LogP) is 4.69. The van der Waals surface area contributed by atoms with Crippen molar-refractivity contribution in [1.82, 2.24) is 0 Å². The summed E-state index contributed by atoms with van der Waals surface area (Å²) in [6.45, 7) is -0.0838. The van der Waals surface area contributed by atoms with Crippen molar-refractivity contribution in [2.24, 2.45) is 5.11 Å². The Balaban J connectivity index is 1.27. The Hall–Kier alpha value is -4.57. The van der Waals surface area contributed by atoms with E-state index >= 15 is 0 Å². The van der Waals surface area contributed by atoms with Gasteiger partial charge >= 0.3 is 0 Å². The Morgan fingerprint density at radius 3 is 1.74 bits per heavy atom. The molecule has 0 amide bonds. The van der Waals surface area contributed by atoms with Crippen LogP contribution in [0.1, 0.15) is 16.7 Å². The first-order valence-corrected chi connectivity index (χ1v) is 17.7. The molecule has 10 atom stereocenters. The van der Waals surface area contributed by atoms with E-state index in [1.54, 1.807) is 24.3 Å². The normalized spacial score (nSPS) is 28.1. The molecule has 14 heteroatoms. The van der Waals surface area contributed by atoms with Crippen molar-refractivity contribution in [3.8, 4) is 11.5 Å². The zero-order valence-corrected chi connectivity index (χ0v) is 29.7. The van der Waals surface area contributed by atoms with Crippen LogP contribution in [-0.4, -0.2) is 97.0 Å². The molecule has 0 saturated carbocycles. The van der Waals surface area contributed by atoms with Crippen LogP contribution >= 0.6 is 0 Å². The lowest BCUT2D eigenvalue weighted by atomic mass is 9.95. The number of rotatable bonds is 17. The van der Waals surface area contributed by atoms with Crippen LogP contribution in [0.15, 0.2) is 120 Å². The number of aliphatic hydroxyl groups is 3. The molecule has 14 nitrogen and oxygen atoms in total. The summed E-state index contributed by atoms with van der Waals surface area (Å²) in [6.07, 6.45) is -11.2. The first kappa shape index (κ1) is 39.1. The quantitative estimate of drug-likeness (QED) is 0.0775. The number of aliphatic hydroxyl groups excluding tert-OH is 3. The second-order valence-electron chi connectivity index (χ2n) is 12.9. The Kier molecular flexibility index (Phi) is 14.3. The summed E-state index contributed by atoms with van der Waals surface area (Å²) in [5.74, 6) is 0.936. The molecule has 6 rings (SSSR count). The lowest BCUT2D eigenvalue weighted by molar-refractivity contribution is -0.350. The van der Waals surface area contributed by atoms with Crippen molar-refractivity contribution in [3.05, 3.63) is 142 Å². The summed E-state index contributed by atoms with van der Waals surface area (Å²) >= 11 is 0. The first-order chi connectivity index (χ1) is 26.5. The lowest BCUT2D eigenvalue weighted by Crippen LogP contribution is -2.65. The van der Waals surface area contributed by atoms with Gasteiger partial charge in [0.25, 0.3) is 0 Å². The van der Waals surface area contributed by atoms with Crippen LogP contribution in [0.25, 0.3) is 10.4 Å². The van der Waals surface area contributed by atoms with E-state index in [-0.39, 0.29) is 26.4 Å². The van der Waals surface area contributed by atoms with Crippen molar-refractivity contribution < 1.29 is 53.2 Å². The second kappa shape index (κ2) is 19.7. The number of hydrogen-bond acceptors (Lipinski definition) is 12. The van der Waals surface area contributed by atoms with E-state index in [4.69, 9.17) is 37.9 Å². The van der Waals surface area contributed by atoms with Gasteiger partial charge in [0, 0.05) is 4.91 Å². The SMILES string of the molecule is COc1ccc(O[C@@H]2O[C@H](CO)[C@H](O[C@H]3O[C@H](COCc4ccccc4)[C@H](OCc4ccccc4)[C@H](N=[N+]=[N-])[C@H]3OCc3ccccc3)[C@H](O)[C@H]2O)cc1. The molecule has 286 valence electrons. The molecular weight excluding hydrogens is 698 g/mol. The fourth-order valence-electron chi connectivity index (χ4n) is 6.37. The van der Waals surface area contributed by atoms with Crippen molar-refractivity contribution in [1.29, 1.82) is 0 Å². The molecule has 0 unspecified atom stereocenters. The maximum absolute atomic E-state index is 11.5. The minimum atomic E-state index is -1.62. The van der Waals surface area contributed by atoms with Crippen LogP contribution < -0.4 is 9.47 Å². The van der Waals surface area contributed by atoms with Gasteiger partial charge in [-0.05, 0) is 46.5 Å². The number of methoxy groups -OCH3 is 1. The Morgan fingerprint density at radius 1 is 0.648 bits per heavy atom. The number of benzene rings is 4. The molecule has 4 aromatic rings. The molecular formula is C40H45N3O11. The summed E-state index contributed by atoms with van der Waals surface area (Å²) in [6, 6.07) is 34.1. The molecule has 2 heterocycles. The topological polar surface area (TPSA) is 183 Å². The summed E-state index contributed by atoms with van der Waals surface area (Å²) in [5.41, 5.74) is 12.5. The van der Waals surface area contributed by atoms with Crippen LogP contribution in [0.5, 0.6) is 11.5 Å². The highest BCUT2D eigenvalue weighted by Crippen LogP contribution is 2.35. The van der Waals surface area contributed by atoms with Gasteiger partial charge in [0.05, 0.1) is 52.3 Å². The highest BCUT2D eigenvalue weighted by molar-refractivity contribution is 5.31. The molecule has 0 aliphatic carbocycles. The van der Waals surface area contributed by atoms with E-state index in [1.807, 2.05) is 91.0 Å². The van der Waals surface area contributed by atoms with Crippen LogP contribution in [0.3, 0.4) is 0 Å². The van der Waals surface area contributed by atoms with E-state index in [0.29, 0.717) is 11.5 Å². The molecule has 2 aliphatic heterocycles. The zero-order chi connectivity index (χ0) is 37.7. The molecule has 0 spiro atoms. The summed E-state index contributed by atoms with van der Waals surface area (Å²) in [5, 5.41) is 37.3. The van der Waals surface area contributed by atoms with Crippen LogP contribution in [0.4, 0.5) is 0 Å². The fourth-order valence-corrected chi connectivity index (χ4v) is 6.37. The van der Waals surface area contributed by atoms with Gasteiger partial charge in [-0.3, -0.25) is 0 Å². The maximum Gasteiger partial charge on any atom is 0.229 e. The molecule has 54 heavy (non-hydrogen) atoms. The number of ether oxygens (including phenoxy) is 8. The molecule has 4 aromatic carbocycles. The van der Waals surface area contributed by atoms with Crippen molar-refractivity contribution in [2.75, 3.05) is 20.3 Å². The predicted molar refractivity (Wildman–Crippen MR) is 194 cm³/mol. The monoisotopic (exact) mass is 743 g/mol. The van der Waals surface area contributed by atoms with E-state index in [9.17, 15) is 20.9 Å². The van der Waals surface area contributed by atoms with Gasteiger partial charge < -0.3 is 53.2 Å². The highest BCUT2D eigenvalue weighted by Gasteiger charge is 2.52. The van der Waals surface area contributed by atoms with E-state index < -0.39 is 68.0 Å². The maximum atomic E-state index is 11.5. The summed E-state index contributed by atoms with van der Waals surface area (Å²) < 4.78 is 49.0. The van der Waals surface area contributed by atoms with Gasteiger partial charge in [-0.1, -0.05) is 96.1 Å². The first-order valence-electron chi connectivity index (χ1n) is 17.7. The number of azide groups is 1. The largest absolute Gasteiger partial charge is 0.497 e. The molecule has 0 bridgehead atoms. The van der Waals surface area contributed by atoms with Gasteiger partial charge in [-0.2, -0.15) is 0 Å². The molecule has 0 aromatic heterocycles. The number of nitrogens with zero attached hydrogens (tertiary/aromatic N) is 3. The fraction of sp³-hybridized carbons (Fsp3) is 0.400. The van der Waals surface area contributed by atoms with Crippen molar-refractivity contribution in [2.45, 2.75) is 81.2 Å². The molecule has 2 saturated heterocycles. The third-order valence-corrected chi connectivity index (χ3v) is 9.19. The Bertz CT molecular complexity index is 1730. The highest BCUT2D eigenvalue weighted by atomic mass is 16.7. The smallest absolute Gasteiger partial charge is 0.229 e. The Labute approximate surface area is 313 Å². The number of hydrogen-bond donors (Lipinski definition) is 3. The van der Waals surface area contributed by atoms with Crippen LogP contribution in [-0.2, 0) is 48.2 Å². The van der Waals surface area contributed by atoms with Gasteiger partial charge in [0.1, 0.15) is 48.1 Å². The molecule has 0 radical (unpaired) electrons. The van der Waals surface area contributed by atoms with Crippen LogP contribution in [0.2, 0.25) is 0 Å². The zero-order valence-electron chi connectivity index (χ0n) is 29.7. The minimum absolute atomic E-state index is 0.00458. The van der Waals surface area contributed by atoms with Crippen molar-refractivity contribution >= 4 is 0 Å². The van der Waals surface area contributed by atoms with Gasteiger partial charge in [0.15, 0.2) is 6.29 Å². The second-order valence-corrected chi connectivity index (χ2v) is 12.9. The molecule has 2 fully saturated rings. The van der Waals surface area contributed by atoms with Gasteiger partial charge in [-0.15, -0.1) is 0 Å². The average Bonchev–Trinajstić information content (AvgIpc) is 3.21. The third-order valence-electron chi connectivity index (χ3n) is 9.19. The van der Waals surface area contributed by atoms with Crippen molar-refractivity contribution in [3.63, 3.8) is 0 Å². The van der Waals surface area contributed by atoms with Gasteiger partial charge in [-0.25, -0.2) is 0 Å². The van der Waals surface area contributed by atoms with Crippen LogP contribution in [0, 0.1) is 0 Å². The van der Waals surface area contributed by atoms with E-state index in [1.165, 1.54) is 7.11 Å². The van der Waals surface area contributed by atoms with Gasteiger partial charge in [0.2, 0.25) is 6.29 Å². The molecule has 2 aliphatic rings. The standard InChI is InChI=1S/C40H45N3O11/c1-47-29-17-19-30(20-18-29)51-39-35(46)34(45)37(31(21-44)52-39)54-40-38(50-24-28-15-9-4-10-16-28)33(42-43-41)36(49-23-27-13-7-3-8-14-27)32(53-40)25-48-22-26-11-5-2-6-12-26/h2-20,31-40,44-46H,21-25H2,1H3/t31-,32-,33+,34-,35-,36+,37+,38-,39-,40-/m1/s1. The summed E-state index contributed by atoms with van der Waals surface area (Å²) in [4.78, 5) is 3.17. The third kappa shape index (κ3) is 10.1. The van der Waals surface area contributed by atoms with E-state index in [2.05, 4.69) is 10.0 Å².